The molecule has 0 fully saturated rings. The Labute approximate surface area is 116 Å². The predicted molar refractivity (Wildman–Crippen MR) is 72.7 cm³/mol. The molecular weight excluding hydrogens is 326 g/mol. The summed E-state index contributed by atoms with van der Waals surface area (Å²) in [4.78, 5) is 5.13. The van der Waals surface area contributed by atoms with Crippen molar-refractivity contribution in [2.24, 2.45) is 0 Å². The van der Waals surface area contributed by atoms with Crippen LogP contribution in [0, 0.1) is 0 Å². The zero-order valence-corrected chi connectivity index (χ0v) is 12.1. The number of methoxy groups -OCH3 is 1. The molecule has 0 aliphatic carbocycles. The molecule has 0 bridgehead atoms. The van der Waals surface area contributed by atoms with Gasteiger partial charge >= 0.3 is 0 Å². The van der Waals surface area contributed by atoms with Crippen molar-refractivity contribution in [1.29, 1.82) is 0 Å². The molecule has 2 rings (SSSR count). The van der Waals surface area contributed by atoms with Crippen molar-refractivity contribution in [1.82, 2.24) is 4.98 Å². The van der Waals surface area contributed by atoms with Crippen LogP contribution in [0.4, 0.5) is 0 Å². The number of aliphatic hydroxyl groups excluding tert-OH is 1. The second-order valence-corrected chi connectivity index (χ2v) is 6.01. The van der Waals surface area contributed by atoms with Gasteiger partial charge in [-0.25, -0.2) is 4.98 Å². The molecule has 1 aromatic heterocycles. The highest BCUT2D eigenvalue weighted by Gasteiger charge is 2.12. The lowest BCUT2D eigenvalue weighted by Gasteiger charge is -2.05. The van der Waals surface area contributed by atoms with Gasteiger partial charge in [0.15, 0.2) is 3.92 Å². The smallest absolute Gasteiger partial charge is 0.160 e. The Kier molecular flexibility index (Phi) is 4.04. The molecular formula is C11H9BrClNO2S. The zero-order chi connectivity index (χ0) is 12.4. The SMILES string of the molecule is COc1ccc(-c2nc(Br)sc2CO)cc1Cl. The summed E-state index contributed by atoms with van der Waals surface area (Å²) in [6.45, 7) is -0.0394. The fraction of sp³-hybridized carbons (Fsp3) is 0.182. The Hall–Kier alpha value is -0.620. The zero-order valence-electron chi connectivity index (χ0n) is 8.91. The lowest BCUT2D eigenvalue weighted by molar-refractivity contribution is 0.286. The molecule has 0 atom stereocenters. The third-order valence-corrected chi connectivity index (χ3v) is 4.03. The molecule has 0 unspecified atom stereocenters. The Morgan fingerprint density at radius 3 is 2.88 bits per heavy atom. The molecule has 0 amide bonds. The molecule has 17 heavy (non-hydrogen) atoms. The summed E-state index contributed by atoms with van der Waals surface area (Å²) in [5.41, 5.74) is 1.61. The molecule has 90 valence electrons. The molecule has 1 aromatic carbocycles. The molecule has 0 aliphatic heterocycles. The first kappa shape index (κ1) is 12.8. The summed E-state index contributed by atoms with van der Waals surface area (Å²) in [6, 6.07) is 5.43. The van der Waals surface area contributed by atoms with Crippen LogP contribution in [0.1, 0.15) is 4.88 Å². The van der Waals surface area contributed by atoms with Crippen molar-refractivity contribution in [2.75, 3.05) is 7.11 Å². The number of hydrogen-bond donors (Lipinski definition) is 1. The van der Waals surface area contributed by atoms with E-state index in [1.807, 2.05) is 6.07 Å². The second kappa shape index (κ2) is 5.35. The highest BCUT2D eigenvalue weighted by molar-refractivity contribution is 9.11. The van der Waals surface area contributed by atoms with E-state index in [0.717, 1.165) is 20.1 Å². The monoisotopic (exact) mass is 333 g/mol. The van der Waals surface area contributed by atoms with Crippen LogP contribution in [-0.2, 0) is 6.61 Å². The largest absolute Gasteiger partial charge is 0.495 e. The van der Waals surface area contributed by atoms with Crippen molar-refractivity contribution in [2.45, 2.75) is 6.61 Å². The van der Waals surface area contributed by atoms with E-state index in [4.69, 9.17) is 16.3 Å². The number of nitrogens with zero attached hydrogens (tertiary/aromatic N) is 1. The molecule has 0 saturated carbocycles. The van der Waals surface area contributed by atoms with Crippen LogP contribution < -0.4 is 4.74 Å². The lowest BCUT2D eigenvalue weighted by Crippen LogP contribution is -1.88. The molecule has 0 spiro atoms. The van der Waals surface area contributed by atoms with E-state index in [1.54, 1.807) is 19.2 Å². The van der Waals surface area contributed by atoms with Gasteiger partial charge in [-0.3, -0.25) is 0 Å². The number of halogens is 2. The van der Waals surface area contributed by atoms with Gasteiger partial charge < -0.3 is 9.84 Å². The summed E-state index contributed by atoms with van der Waals surface area (Å²) in [7, 11) is 1.57. The second-order valence-electron chi connectivity index (χ2n) is 3.25. The number of aliphatic hydroxyl groups is 1. The van der Waals surface area contributed by atoms with Gasteiger partial charge in [0.2, 0.25) is 0 Å². The molecule has 0 saturated heterocycles. The van der Waals surface area contributed by atoms with Crippen LogP contribution in [-0.4, -0.2) is 17.2 Å². The van der Waals surface area contributed by atoms with E-state index in [9.17, 15) is 5.11 Å². The predicted octanol–water partition coefficient (Wildman–Crippen LogP) is 3.73. The van der Waals surface area contributed by atoms with Gasteiger partial charge in [-0.05, 0) is 34.1 Å². The Morgan fingerprint density at radius 1 is 1.53 bits per heavy atom. The van der Waals surface area contributed by atoms with E-state index in [0.29, 0.717) is 10.8 Å². The average Bonchev–Trinajstić information content (AvgIpc) is 2.70. The topological polar surface area (TPSA) is 42.4 Å². The van der Waals surface area contributed by atoms with Crippen molar-refractivity contribution in [3.63, 3.8) is 0 Å². The van der Waals surface area contributed by atoms with E-state index < -0.39 is 0 Å². The third kappa shape index (κ3) is 2.63. The van der Waals surface area contributed by atoms with Crippen molar-refractivity contribution in [3.8, 4) is 17.0 Å². The molecule has 1 N–H and O–H groups in total. The Morgan fingerprint density at radius 2 is 2.29 bits per heavy atom. The van der Waals surface area contributed by atoms with E-state index in [-0.39, 0.29) is 6.61 Å². The lowest BCUT2D eigenvalue weighted by atomic mass is 10.1. The van der Waals surface area contributed by atoms with Crippen LogP contribution in [0.15, 0.2) is 22.1 Å². The fourth-order valence-electron chi connectivity index (χ4n) is 1.47. The molecule has 0 radical (unpaired) electrons. The standard InChI is InChI=1S/C11H9BrClNO2S/c1-16-8-3-2-6(4-7(8)13)10-9(5-15)17-11(12)14-10/h2-4,15H,5H2,1H3. The van der Waals surface area contributed by atoms with Crippen LogP contribution in [0.3, 0.4) is 0 Å². The summed E-state index contributed by atoms with van der Waals surface area (Å²) in [5.74, 6) is 0.621. The van der Waals surface area contributed by atoms with Gasteiger partial charge in [0.1, 0.15) is 5.75 Å². The van der Waals surface area contributed by atoms with Gasteiger partial charge in [0.25, 0.3) is 0 Å². The molecule has 0 aliphatic rings. The van der Waals surface area contributed by atoms with Gasteiger partial charge in [0.05, 0.1) is 29.3 Å². The normalized spacial score (nSPS) is 10.6. The van der Waals surface area contributed by atoms with Gasteiger partial charge in [-0.1, -0.05) is 11.6 Å². The minimum Gasteiger partial charge on any atom is -0.495 e. The Bertz CT molecular complexity index is 544. The van der Waals surface area contributed by atoms with Crippen LogP contribution >= 0.6 is 38.9 Å². The first-order valence-electron chi connectivity index (χ1n) is 4.75. The summed E-state index contributed by atoms with van der Waals surface area (Å²) < 4.78 is 5.83. The summed E-state index contributed by atoms with van der Waals surface area (Å²) >= 11 is 10.8. The van der Waals surface area contributed by atoms with E-state index in [2.05, 4.69) is 20.9 Å². The molecule has 3 nitrogen and oxygen atoms in total. The van der Waals surface area contributed by atoms with Gasteiger partial charge in [-0.2, -0.15) is 0 Å². The van der Waals surface area contributed by atoms with Gasteiger partial charge in [-0.15, -0.1) is 11.3 Å². The number of ether oxygens (including phenoxy) is 1. The molecule has 2 aromatic rings. The van der Waals surface area contributed by atoms with Crippen molar-refractivity contribution in [3.05, 3.63) is 32.0 Å². The first-order valence-corrected chi connectivity index (χ1v) is 6.74. The maximum absolute atomic E-state index is 9.26. The number of thiazole rings is 1. The number of benzene rings is 1. The third-order valence-electron chi connectivity index (χ3n) is 2.24. The molecule has 6 heteroatoms. The minimum absolute atomic E-state index is 0.0394. The van der Waals surface area contributed by atoms with Gasteiger partial charge in [0, 0.05) is 5.56 Å². The number of rotatable bonds is 3. The molecule has 1 heterocycles. The minimum atomic E-state index is -0.0394. The average molecular weight is 335 g/mol. The van der Waals surface area contributed by atoms with E-state index in [1.165, 1.54) is 11.3 Å². The number of aromatic nitrogens is 1. The van der Waals surface area contributed by atoms with Crippen molar-refractivity contribution < 1.29 is 9.84 Å². The van der Waals surface area contributed by atoms with Crippen LogP contribution in [0.2, 0.25) is 5.02 Å². The fourth-order valence-corrected chi connectivity index (χ4v) is 3.16. The quantitative estimate of drug-likeness (QED) is 0.930. The van der Waals surface area contributed by atoms with Crippen molar-refractivity contribution >= 4 is 38.9 Å². The summed E-state index contributed by atoms with van der Waals surface area (Å²) in [6.07, 6.45) is 0. The highest BCUT2D eigenvalue weighted by atomic mass is 79.9. The number of hydrogen-bond acceptors (Lipinski definition) is 4. The summed E-state index contributed by atoms with van der Waals surface area (Å²) in [5, 5.41) is 9.78. The van der Waals surface area contributed by atoms with Crippen LogP contribution in [0.5, 0.6) is 5.75 Å². The highest BCUT2D eigenvalue weighted by Crippen LogP contribution is 2.34. The maximum atomic E-state index is 9.26. The van der Waals surface area contributed by atoms with Crippen LogP contribution in [0.25, 0.3) is 11.3 Å². The first-order chi connectivity index (χ1) is 8.15. The van der Waals surface area contributed by atoms with E-state index >= 15 is 0 Å². The Balaban J connectivity index is 2.49. The maximum Gasteiger partial charge on any atom is 0.160 e.